The van der Waals surface area contributed by atoms with Crippen LogP contribution in [-0.4, -0.2) is 23.0 Å². The number of halogens is 3. The van der Waals surface area contributed by atoms with E-state index in [1.807, 2.05) is 6.07 Å². The van der Waals surface area contributed by atoms with E-state index in [-0.39, 0.29) is 18.5 Å². The summed E-state index contributed by atoms with van der Waals surface area (Å²) in [5.41, 5.74) is -3.82. The van der Waals surface area contributed by atoms with E-state index in [4.69, 9.17) is 15.3 Å². The Labute approximate surface area is 164 Å². The SMILES string of the molecule is CC12CCC(CCC#N)(O1)C1C(=O)N(c3ccc(C#N)c(C(F)(F)F)c3)C(=O)C12. The van der Waals surface area contributed by atoms with Gasteiger partial charge in [0.25, 0.3) is 0 Å². The molecular formula is C20H16F3N3O3. The number of anilines is 1. The molecular weight excluding hydrogens is 387 g/mol. The Morgan fingerprint density at radius 2 is 1.90 bits per heavy atom. The molecule has 3 aliphatic rings. The van der Waals surface area contributed by atoms with Gasteiger partial charge in [-0.15, -0.1) is 0 Å². The van der Waals surface area contributed by atoms with Gasteiger partial charge in [0.05, 0.1) is 52.0 Å². The van der Waals surface area contributed by atoms with Gasteiger partial charge in [0.2, 0.25) is 11.8 Å². The average Bonchev–Trinajstić information content (AvgIpc) is 3.24. The normalized spacial score (nSPS) is 33.0. The molecule has 0 N–H and O–H groups in total. The summed E-state index contributed by atoms with van der Waals surface area (Å²) in [7, 11) is 0. The number of hydrogen-bond donors (Lipinski definition) is 0. The van der Waals surface area contributed by atoms with E-state index in [1.165, 1.54) is 12.1 Å². The van der Waals surface area contributed by atoms with Crippen molar-refractivity contribution in [3.8, 4) is 12.1 Å². The van der Waals surface area contributed by atoms with Gasteiger partial charge >= 0.3 is 6.18 Å². The number of imide groups is 1. The summed E-state index contributed by atoms with van der Waals surface area (Å²) in [5, 5.41) is 17.9. The van der Waals surface area contributed by atoms with E-state index < -0.39 is 52.2 Å². The lowest BCUT2D eigenvalue weighted by atomic mass is 9.67. The molecule has 3 aliphatic heterocycles. The minimum Gasteiger partial charge on any atom is -0.367 e. The number of rotatable bonds is 3. The molecule has 0 aliphatic carbocycles. The maximum atomic E-state index is 13.3. The first-order valence-electron chi connectivity index (χ1n) is 9.14. The third-order valence-electron chi connectivity index (χ3n) is 6.36. The number of ether oxygens (including phenoxy) is 1. The fraction of sp³-hybridized carbons (Fsp3) is 0.500. The maximum absolute atomic E-state index is 13.3. The molecule has 1 aromatic carbocycles. The highest BCUT2D eigenvalue weighted by Gasteiger charge is 2.73. The van der Waals surface area contributed by atoms with Gasteiger partial charge < -0.3 is 4.74 Å². The number of hydrogen-bond acceptors (Lipinski definition) is 5. The van der Waals surface area contributed by atoms with Gasteiger partial charge in [-0.25, -0.2) is 4.90 Å². The quantitative estimate of drug-likeness (QED) is 0.722. The largest absolute Gasteiger partial charge is 0.417 e. The molecule has 4 rings (SSSR count). The third-order valence-corrected chi connectivity index (χ3v) is 6.36. The van der Waals surface area contributed by atoms with Crippen molar-refractivity contribution in [3.05, 3.63) is 29.3 Å². The minimum atomic E-state index is -4.80. The van der Waals surface area contributed by atoms with Crippen molar-refractivity contribution in [1.29, 1.82) is 10.5 Å². The molecule has 2 amide bonds. The second-order valence-corrected chi connectivity index (χ2v) is 7.94. The van der Waals surface area contributed by atoms with Gasteiger partial charge in [0.1, 0.15) is 0 Å². The Hall–Kier alpha value is -2.91. The number of amides is 2. The second-order valence-electron chi connectivity index (χ2n) is 7.94. The average molecular weight is 403 g/mol. The Bertz CT molecular complexity index is 1010. The molecule has 3 fully saturated rings. The van der Waals surface area contributed by atoms with Crippen molar-refractivity contribution in [2.24, 2.45) is 11.8 Å². The topological polar surface area (TPSA) is 94.2 Å². The van der Waals surface area contributed by atoms with Crippen LogP contribution in [0.1, 0.15) is 43.7 Å². The number of alkyl halides is 3. The molecule has 150 valence electrons. The van der Waals surface area contributed by atoms with Gasteiger partial charge in [-0.05, 0) is 44.4 Å². The number of nitriles is 2. The molecule has 0 saturated carbocycles. The van der Waals surface area contributed by atoms with E-state index in [1.54, 1.807) is 6.92 Å². The van der Waals surface area contributed by atoms with Crippen LogP contribution in [-0.2, 0) is 20.5 Å². The molecule has 3 heterocycles. The molecule has 4 atom stereocenters. The van der Waals surface area contributed by atoms with Crippen LogP contribution in [0.3, 0.4) is 0 Å². The summed E-state index contributed by atoms with van der Waals surface area (Å²) < 4.78 is 46.1. The van der Waals surface area contributed by atoms with Crippen LogP contribution < -0.4 is 4.90 Å². The van der Waals surface area contributed by atoms with Gasteiger partial charge in [-0.1, -0.05) is 0 Å². The zero-order valence-electron chi connectivity index (χ0n) is 15.4. The molecule has 0 aromatic heterocycles. The Morgan fingerprint density at radius 1 is 1.21 bits per heavy atom. The highest BCUT2D eigenvalue weighted by atomic mass is 19.4. The summed E-state index contributed by atoms with van der Waals surface area (Å²) >= 11 is 0. The van der Waals surface area contributed by atoms with Gasteiger partial charge in [0, 0.05) is 6.42 Å². The summed E-state index contributed by atoms with van der Waals surface area (Å²) in [6.07, 6.45) is -3.32. The van der Waals surface area contributed by atoms with Crippen molar-refractivity contribution < 1.29 is 27.5 Å². The van der Waals surface area contributed by atoms with Crippen LogP contribution in [0.4, 0.5) is 18.9 Å². The molecule has 1 aromatic rings. The molecule has 9 heteroatoms. The van der Waals surface area contributed by atoms with Gasteiger partial charge in [0.15, 0.2) is 0 Å². The maximum Gasteiger partial charge on any atom is 0.417 e. The molecule has 3 saturated heterocycles. The van der Waals surface area contributed by atoms with E-state index in [0.29, 0.717) is 18.9 Å². The highest BCUT2D eigenvalue weighted by Crippen LogP contribution is 2.62. The van der Waals surface area contributed by atoms with E-state index in [2.05, 4.69) is 0 Å². The number of carbonyl (C=O) groups is 2. The predicted molar refractivity (Wildman–Crippen MR) is 91.9 cm³/mol. The standard InChI is InChI=1S/C20H16F3N3O3/c1-18-6-7-19(29-18,5-2-8-24)15-14(18)16(27)26(17(15)28)12-4-3-11(10-25)13(9-12)20(21,22)23/h3-4,9,14-15H,2,5-7H2,1H3. The Balaban J connectivity index is 1.78. The van der Waals surface area contributed by atoms with Crippen LogP contribution >= 0.6 is 0 Å². The minimum absolute atomic E-state index is 0.149. The van der Waals surface area contributed by atoms with Crippen molar-refractivity contribution in [1.82, 2.24) is 0 Å². The van der Waals surface area contributed by atoms with Gasteiger partial charge in [-0.2, -0.15) is 23.7 Å². The van der Waals surface area contributed by atoms with E-state index in [9.17, 15) is 22.8 Å². The lowest BCUT2D eigenvalue weighted by Gasteiger charge is -2.30. The highest BCUT2D eigenvalue weighted by molar-refractivity contribution is 6.23. The zero-order chi connectivity index (χ0) is 21.2. The van der Waals surface area contributed by atoms with E-state index >= 15 is 0 Å². The van der Waals surface area contributed by atoms with E-state index in [0.717, 1.165) is 11.0 Å². The van der Waals surface area contributed by atoms with Crippen LogP contribution in [0, 0.1) is 34.5 Å². The number of benzene rings is 1. The molecule has 6 nitrogen and oxygen atoms in total. The van der Waals surface area contributed by atoms with Crippen LogP contribution in [0.2, 0.25) is 0 Å². The fourth-order valence-corrected chi connectivity index (χ4v) is 5.14. The number of nitrogens with zero attached hydrogens (tertiary/aromatic N) is 3. The molecule has 29 heavy (non-hydrogen) atoms. The van der Waals surface area contributed by atoms with Crippen molar-refractivity contribution in [2.45, 2.75) is 50.0 Å². The Morgan fingerprint density at radius 3 is 2.52 bits per heavy atom. The Kier molecular flexibility index (Phi) is 4.04. The van der Waals surface area contributed by atoms with Crippen LogP contribution in [0.5, 0.6) is 0 Å². The monoisotopic (exact) mass is 403 g/mol. The number of fused-ring (bicyclic) bond motifs is 5. The third kappa shape index (κ3) is 2.57. The first kappa shape index (κ1) is 19.4. The van der Waals surface area contributed by atoms with Crippen molar-refractivity contribution in [3.63, 3.8) is 0 Å². The lowest BCUT2D eigenvalue weighted by Crippen LogP contribution is -2.42. The van der Waals surface area contributed by atoms with Gasteiger partial charge in [-0.3, -0.25) is 9.59 Å². The molecule has 0 radical (unpaired) electrons. The summed E-state index contributed by atoms with van der Waals surface area (Å²) in [5.74, 6) is -2.84. The summed E-state index contributed by atoms with van der Waals surface area (Å²) in [6.45, 7) is 1.74. The first-order chi connectivity index (χ1) is 13.6. The summed E-state index contributed by atoms with van der Waals surface area (Å²) in [4.78, 5) is 27.1. The van der Waals surface area contributed by atoms with Crippen LogP contribution in [0.25, 0.3) is 0 Å². The lowest BCUT2D eigenvalue weighted by molar-refractivity contribution is -0.138. The second kappa shape index (κ2) is 6.04. The van der Waals surface area contributed by atoms with Crippen molar-refractivity contribution in [2.75, 3.05) is 4.90 Å². The molecule has 0 spiro atoms. The predicted octanol–water partition coefficient (Wildman–Crippen LogP) is 3.31. The number of carbonyl (C=O) groups excluding carboxylic acids is 2. The molecule has 2 bridgehead atoms. The smallest absolute Gasteiger partial charge is 0.367 e. The first-order valence-corrected chi connectivity index (χ1v) is 9.14. The summed E-state index contributed by atoms with van der Waals surface area (Å²) in [6, 6.07) is 6.32. The van der Waals surface area contributed by atoms with Crippen LogP contribution in [0.15, 0.2) is 18.2 Å². The van der Waals surface area contributed by atoms with Crippen molar-refractivity contribution >= 4 is 17.5 Å². The fourth-order valence-electron chi connectivity index (χ4n) is 5.14. The molecule has 4 unspecified atom stereocenters. The zero-order valence-corrected chi connectivity index (χ0v) is 15.4.